The third-order valence-corrected chi connectivity index (χ3v) is 3.61. The summed E-state index contributed by atoms with van der Waals surface area (Å²) in [5, 5.41) is 5.96. The maximum absolute atomic E-state index is 5.84. The molecular weight excluding hydrogens is 258 g/mol. The number of hydrogen-bond donors (Lipinski definition) is 1. The molecule has 2 nitrogen and oxygen atoms in total. The lowest BCUT2D eigenvalue weighted by Gasteiger charge is -2.09. The van der Waals surface area contributed by atoms with Crippen molar-refractivity contribution in [2.75, 3.05) is 13.2 Å². The lowest BCUT2D eigenvalue weighted by Crippen LogP contribution is -2.23. The summed E-state index contributed by atoms with van der Waals surface area (Å²) in [5.74, 6) is 0.982. The van der Waals surface area contributed by atoms with Gasteiger partial charge in [-0.15, -0.1) is 0 Å². The molecule has 2 heteroatoms. The second kappa shape index (κ2) is 8.68. The number of ether oxygens (including phenoxy) is 1. The smallest absolute Gasteiger partial charge is 0.119 e. The molecular formula is C19H27NO. The Bertz CT molecular complexity index is 536. The van der Waals surface area contributed by atoms with E-state index in [1.165, 1.54) is 30.0 Å². The van der Waals surface area contributed by atoms with Crippen LogP contribution in [0.25, 0.3) is 10.8 Å². The summed E-state index contributed by atoms with van der Waals surface area (Å²) in [6.45, 7) is 6.33. The van der Waals surface area contributed by atoms with E-state index in [9.17, 15) is 0 Å². The fourth-order valence-electron chi connectivity index (χ4n) is 2.42. The van der Waals surface area contributed by atoms with Crippen molar-refractivity contribution < 1.29 is 4.74 Å². The molecule has 0 unspecified atom stereocenters. The molecule has 0 heterocycles. The quantitative estimate of drug-likeness (QED) is 0.670. The first-order valence-electron chi connectivity index (χ1n) is 8.11. The summed E-state index contributed by atoms with van der Waals surface area (Å²) in [6.07, 6.45) is 4.91. The number of nitrogens with one attached hydrogen (secondary N) is 1. The molecule has 0 aliphatic carbocycles. The molecule has 0 radical (unpaired) electrons. The van der Waals surface area contributed by atoms with Gasteiger partial charge in [0.1, 0.15) is 5.75 Å². The minimum atomic E-state index is 0.598. The largest absolute Gasteiger partial charge is 0.494 e. The molecule has 0 bridgehead atoms. The Labute approximate surface area is 128 Å². The number of unbranched alkanes of at least 4 members (excludes halogenated alkanes) is 3. The molecule has 0 spiro atoms. The Balaban J connectivity index is 1.61. The van der Waals surface area contributed by atoms with E-state index in [2.05, 4.69) is 61.6 Å². The van der Waals surface area contributed by atoms with Crippen molar-refractivity contribution in [1.82, 2.24) is 5.32 Å². The zero-order valence-corrected chi connectivity index (χ0v) is 13.3. The lowest BCUT2D eigenvalue weighted by atomic mass is 10.1. The molecule has 0 saturated carbocycles. The molecule has 0 aromatic heterocycles. The Morgan fingerprint density at radius 2 is 1.67 bits per heavy atom. The fraction of sp³-hybridized carbons (Fsp3) is 0.474. The van der Waals surface area contributed by atoms with Gasteiger partial charge in [-0.2, -0.15) is 0 Å². The average Bonchev–Trinajstić information content (AvgIpc) is 2.49. The third kappa shape index (κ3) is 5.76. The molecule has 0 aliphatic rings. The van der Waals surface area contributed by atoms with Crippen LogP contribution in [0.4, 0.5) is 0 Å². The number of fused-ring (bicyclic) bond motifs is 1. The summed E-state index contributed by atoms with van der Waals surface area (Å²) < 4.78 is 5.84. The number of rotatable bonds is 9. The first kappa shape index (κ1) is 15.8. The molecule has 0 aliphatic heterocycles. The SMILES string of the molecule is CC(C)NCCCCCCOc1ccc2ccccc2c1. The van der Waals surface area contributed by atoms with Crippen molar-refractivity contribution >= 4 is 10.8 Å². The van der Waals surface area contributed by atoms with Gasteiger partial charge in [0.05, 0.1) is 6.61 Å². The zero-order chi connectivity index (χ0) is 14.9. The van der Waals surface area contributed by atoms with Crippen LogP contribution in [0.3, 0.4) is 0 Å². The van der Waals surface area contributed by atoms with Crippen molar-refractivity contribution in [2.24, 2.45) is 0 Å². The van der Waals surface area contributed by atoms with Gasteiger partial charge in [-0.05, 0) is 42.3 Å². The third-order valence-electron chi connectivity index (χ3n) is 3.61. The molecule has 0 atom stereocenters. The number of hydrogen-bond acceptors (Lipinski definition) is 2. The monoisotopic (exact) mass is 285 g/mol. The van der Waals surface area contributed by atoms with Gasteiger partial charge in [0.15, 0.2) is 0 Å². The second-order valence-corrected chi connectivity index (χ2v) is 5.88. The summed E-state index contributed by atoms with van der Waals surface area (Å²) >= 11 is 0. The fourth-order valence-corrected chi connectivity index (χ4v) is 2.42. The van der Waals surface area contributed by atoms with Crippen molar-refractivity contribution in [3.63, 3.8) is 0 Å². The normalized spacial score (nSPS) is 11.2. The van der Waals surface area contributed by atoms with Gasteiger partial charge >= 0.3 is 0 Å². The van der Waals surface area contributed by atoms with E-state index in [1.54, 1.807) is 0 Å². The summed E-state index contributed by atoms with van der Waals surface area (Å²) in [6, 6.07) is 15.3. The van der Waals surface area contributed by atoms with E-state index in [0.29, 0.717) is 6.04 Å². The van der Waals surface area contributed by atoms with Crippen LogP contribution in [0.2, 0.25) is 0 Å². The molecule has 1 N–H and O–H groups in total. The Morgan fingerprint density at radius 3 is 2.48 bits per heavy atom. The van der Waals surface area contributed by atoms with Gasteiger partial charge in [-0.3, -0.25) is 0 Å². The van der Waals surface area contributed by atoms with Gasteiger partial charge in [0, 0.05) is 6.04 Å². The second-order valence-electron chi connectivity index (χ2n) is 5.88. The van der Waals surface area contributed by atoms with Crippen LogP contribution in [-0.4, -0.2) is 19.2 Å². The van der Waals surface area contributed by atoms with Crippen LogP contribution in [0.5, 0.6) is 5.75 Å². The van der Waals surface area contributed by atoms with Crippen molar-refractivity contribution in [3.05, 3.63) is 42.5 Å². The van der Waals surface area contributed by atoms with Crippen molar-refractivity contribution in [3.8, 4) is 5.75 Å². The highest BCUT2D eigenvalue weighted by Gasteiger charge is 1.97. The van der Waals surface area contributed by atoms with Crippen LogP contribution in [0.15, 0.2) is 42.5 Å². The zero-order valence-electron chi connectivity index (χ0n) is 13.3. The summed E-state index contributed by atoms with van der Waals surface area (Å²) in [5.41, 5.74) is 0. The molecule has 114 valence electrons. The number of benzene rings is 2. The Morgan fingerprint density at radius 1 is 0.905 bits per heavy atom. The maximum Gasteiger partial charge on any atom is 0.119 e. The minimum absolute atomic E-state index is 0.598. The predicted octanol–water partition coefficient (Wildman–Crippen LogP) is 4.78. The Kier molecular flexibility index (Phi) is 6.55. The van der Waals surface area contributed by atoms with E-state index >= 15 is 0 Å². The molecule has 0 saturated heterocycles. The molecule has 2 rings (SSSR count). The molecule has 21 heavy (non-hydrogen) atoms. The van der Waals surface area contributed by atoms with E-state index in [1.807, 2.05) is 0 Å². The first-order valence-corrected chi connectivity index (χ1v) is 8.11. The summed E-state index contributed by atoms with van der Waals surface area (Å²) in [7, 11) is 0. The molecule has 2 aromatic rings. The van der Waals surface area contributed by atoms with Gasteiger partial charge in [0.25, 0.3) is 0 Å². The Hall–Kier alpha value is -1.54. The first-order chi connectivity index (χ1) is 10.3. The highest BCUT2D eigenvalue weighted by molar-refractivity contribution is 5.83. The van der Waals surface area contributed by atoms with Crippen LogP contribution in [-0.2, 0) is 0 Å². The topological polar surface area (TPSA) is 21.3 Å². The van der Waals surface area contributed by atoms with E-state index in [-0.39, 0.29) is 0 Å². The van der Waals surface area contributed by atoms with Crippen LogP contribution in [0, 0.1) is 0 Å². The van der Waals surface area contributed by atoms with Gasteiger partial charge in [-0.25, -0.2) is 0 Å². The molecule has 0 fully saturated rings. The van der Waals surface area contributed by atoms with E-state index in [0.717, 1.165) is 25.3 Å². The predicted molar refractivity (Wildman–Crippen MR) is 91.0 cm³/mol. The van der Waals surface area contributed by atoms with Crippen molar-refractivity contribution in [1.29, 1.82) is 0 Å². The van der Waals surface area contributed by atoms with Crippen LogP contribution < -0.4 is 10.1 Å². The maximum atomic E-state index is 5.84. The highest BCUT2D eigenvalue weighted by atomic mass is 16.5. The van der Waals surface area contributed by atoms with E-state index < -0.39 is 0 Å². The van der Waals surface area contributed by atoms with Crippen LogP contribution >= 0.6 is 0 Å². The van der Waals surface area contributed by atoms with Gasteiger partial charge < -0.3 is 10.1 Å². The van der Waals surface area contributed by atoms with Crippen molar-refractivity contribution in [2.45, 2.75) is 45.6 Å². The lowest BCUT2D eigenvalue weighted by molar-refractivity contribution is 0.305. The standard InChI is InChI=1S/C19H27NO/c1-16(2)20-13-7-3-4-8-14-21-19-12-11-17-9-5-6-10-18(17)15-19/h5-6,9-12,15-16,20H,3-4,7-8,13-14H2,1-2H3. The summed E-state index contributed by atoms with van der Waals surface area (Å²) in [4.78, 5) is 0. The molecule has 0 amide bonds. The van der Waals surface area contributed by atoms with E-state index in [4.69, 9.17) is 4.74 Å². The van der Waals surface area contributed by atoms with Gasteiger partial charge in [-0.1, -0.05) is 57.0 Å². The highest BCUT2D eigenvalue weighted by Crippen LogP contribution is 2.20. The van der Waals surface area contributed by atoms with Gasteiger partial charge in [0.2, 0.25) is 0 Å². The minimum Gasteiger partial charge on any atom is -0.494 e. The molecule has 2 aromatic carbocycles. The van der Waals surface area contributed by atoms with Crippen LogP contribution in [0.1, 0.15) is 39.5 Å². The average molecular weight is 285 g/mol.